The highest BCUT2D eigenvalue weighted by molar-refractivity contribution is 7.80. The van der Waals surface area contributed by atoms with Crippen LogP contribution in [0.3, 0.4) is 0 Å². The van der Waals surface area contributed by atoms with Crippen LogP contribution in [0.1, 0.15) is 18.1 Å². The fourth-order valence-corrected chi connectivity index (χ4v) is 4.66. The van der Waals surface area contributed by atoms with E-state index in [9.17, 15) is 4.79 Å². The third-order valence-electron chi connectivity index (χ3n) is 5.32. The van der Waals surface area contributed by atoms with E-state index in [0.717, 1.165) is 11.3 Å². The maximum Gasteiger partial charge on any atom is 0.281 e. The lowest BCUT2D eigenvalue weighted by Crippen LogP contribution is -2.31. The third-order valence-corrected chi connectivity index (χ3v) is 6.71. The summed E-state index contributed by atoms with van der Waals surface area (Å²) in [5.41, 5.74) is 2.49. The highest BCUT2D eigenvalue weighted by Gasteiger charge is 2.36. The Balaban J connectivity index is 1.57. The summed E-state index contributed by atoms with van der Waals surface area (Å²) in [6.45, 7) is 2.69. The van der Waals surface area contributed by atoms with E-state index in [1.807, 2.05) is 25.1 Å². The van der Waals surface area contributed by atoms with Gasteiger partial charge in [-0.1, -0.05) is 53.0 Å². The summed E-state index contributed by atoms with van der Waals surface area (Å²) in [5, 5.41) is 1.59. The van der Waals surface area contributed by atoms with Crippen molar-refractivity contribution in [1.29, 1.82) is 0 Å². The number of amides is 1. The minimum Gasteiger partial charge on any atom is -0.494 e. The number of benzene rings is 3. The van der Waals surface area contributed by atoms with Gasteiger partial charge in [-0.05, 0) is 73.2 Å². The lowest BCUT2D eigenvalue weighted by atomic mass is 10.1. The molecule has 3 aromatic carbocycles. The Labute approximate surface area is 224 Å². The molecule has 0 saturated carbocycles. The van der Waals surface area contributed by atoms with E-state index < -0.39 is 0 Å². The molecule has 180 valence electrons. The minimum absolute atomic E-state index is 0.214. The summed E-state index contributed by atoms with van der Waals surface area (Å²) in [6, 6.07) is 17.9. The number of likely N-dealkylation sites (N-methyl/N-ethyl adjacent to an activating group) is 1. The van der Waals surface area contributed by atoms with Crippen molar-refractivity contribution in [3.63, 3.8) is 0 Å². The molecule has 1 aliphatic rings. The van der Waals surface area contributed by atoms with E-state index in [2.05, 4.69) is 0 Å². The molecule has 0 aliphatic carbocycles. The van der Waals surface area contributed by atoms with E-state index in [1.165, 1.54) is 4.90 Å². The third kappa shape index (κ3) is 5.41. The Bertz CT molecular complexity index is 1290. The van der Waals surface area contributed by atoms with Crippen LogP contribution in [0.4, 0.5) is 5.69 Å². The molecule has 5 nitrogen and oxygen atoms in total. The van der Waals surface area contributed by atoms with Crippen LogP contribution >= 0.6 is 47.0 Å². The summed E-state index contributed by atoms with van der Waals surface area (Å²) >= 11 is 24.7. The maximum atomic E-state index is 13.3. The molecular formula is C26H21Cl3N2O3S. The molecule has 0 atom stereocenters. The van der Waals surface area contributed by atoms with Crippen molar-refractivity contribution >= 4 is 69.8 Å². The zero-order valence-electron chi connectivity index (χ0n) is 18.9. The second-order valence-corrected chi connectivity index (χ2v) is 9.22. The van der Waals surface area contributed by atoms with Crippen LogP contribution in [0, 0.1) is 0 Å². The molecular weight excluding hydrogens is 527 g/mol. The Kier molecular flexibility index (Phi) is 7.87. The van der Waals surface area contributed by atoms with Gasteiger partial charge in [0.2, 0.25) is 0 Å². The maximum absolute atomic E-state index is 13.3. The molecule has 0 spiro atoms. The molecule has 3 aromatic rings. The number of nitrogens with zero attached hydrogens (tertiary/aromatic N) is 2. The molecule has 1 aliphatic heterocycles. The van der Waals surface area contributed by atoms with Crippen LogP contribution in [0.2, 0.25) is 15.1 Å². The fraction of sp³-hybridized carbons (Fsp3) is 0.154. The number of anilines is 1. The number of thiocarbonyl (C=S) groups is 1. The van der Waals surface area contributed by atoms with Crippen molar-refractivity contribution in [2.24, 2.45) is 0 Å². The van der Waals surface area contributed by atoms with E-state index >= 15 is 0 Å². The lowest BCUT2D eigenvalue weighted by Gasteiger charge is -2.16. The molecule has 9 heteroatoms. The molecule has 35 heavy (non-hydrogen) atoms. The highest BCUT2D eigenvalue weighted by Crippen LogP contribution is 2.37. The van der Waals surface area contributed by atoms with Crippen molar-refractivity contribution < 1.29 is 14.3 Å². The smallest absolute Gasteiger partial charge is 0.281 e. The first kappa shape index (κ1) is 25.3. The molecule has 0 bridgehead atoms. The van der Waals surface area contributed by atoms with Crippen LogP contribution in [0.25, 0.3) is 6.08 Å². The highest BCUT2D eigenvalue weighted by atomic mass is 35.5. The number of rotatable bonds is 7. The molecule has 0 N–H and O–H groups in total. The monoisotopic (exact) mass is 546 g/mol. The molecule has 1 saturated heterocycles. The zero-order chi connectivity index (χ0) is 25.1. The Morgan fingerprint density at radius 3 is 2.23 bits per heavy atom. The summed E-state index contributed by atoms with van der Waals surface area (Å²) < 4.78 is 11.3. The topological polar surface area (TPSA) is 42.0 Å². The molecule has 0 radical (unpaired) electrons. The predicted octanol–water partition coefficient (Wildman–Crippen LogP) is 7.23. The predicted molar refractivity (Wildman–Crippen MR) is 146 cm³/mol. The second kappa shape index (κ2) is 10.9. The van der Waals surface area contributed by atoms with Gasteiger partial charge in [-0.25, -0.2) is 0 Å². The fourth-order valence-electron chi connectivity index (χ4n) is 3.57. The van der Waals surface area contributed by atoms with Gasteiger partial charge in [-0.15, -0.1) is 0 Å². The first-order chi connectivity index (χ1) is 16.8. The molecule has 0 aromatic heterocycles. The molecule has 0 unspecified atom stereocenters. The van der Waals surface area contributed by atoms with Gasteiger partial charge in [0, 0.05) is 17.6 Å². The standard InChI is InChI=1S/C26H21Cl3N2O3S/c1-3-33-19-10-8-18(9-11-19)31-25(32)23(30(2)26(31)35)14-16-12-21(28)24(22(29)13-16)34-15-17-6-4-5-7-20(17)27/h4-14H,3,15H2,1-2H3/b23-14-. The van der Waals surface area contributed by atoms with Crippen LogP contribution in [-0.2, 0) is 11.4 Å². The van der Waals surface area contributed by atoms with Gasteiger partial charge >= 0.3 is 0 Å². The normalized spacial score (nSPS) is 14.7. The van der Waals surface area contributed by atoms with E-state index in [4.69, 9.17) is 56.5 Å². The number of halogens is 3. The van der Waals surface area contributed by atoms with Gasteiger partial charge in [-0.3, -0.25) is 9.69 Å². The van der Waals surface area contributed by atoms with Crippen LogP contribution in [0.15, 0.2) is 66.4 Å². The summed E-state index contributed by atoms with van der Waals surface area (Å²) in [6.07, 6.45) is 1.69. The van der Waals surface area contributed by atoms with Gasteiger partial charge in [0.15, 0.2) is 10.9 Å². The number of carbonyl (C=O) groups is 1. The summed E-state index contributed by atoms with van der Waals surface area (Å²) in [7, 11) is 1.74. The number of ether oxygens (including phenoxy) is 2. The van der Waals surface area contributed by atoms with Crippen molar-refractivity contribution in [2.75, 3.05) is 18.6 Å². The second-order valence-electron chi connectivity index (χ2n) is 7.63. The van der Waals surface area contributed by atoms with E-state index in [-0.39, 0.29) is 12.5 Å². The first-order valence-corrected chi connectivity index (χ1v) is 12.3. The molecule has 4 rings (SSSR count). The van der Waals surface area contributed by atoms with Gasteiger partial charge in [0.1, 0.15) is 18.1 Å². The lowest BCUT2D eigenvalue weighted by molar-refractivity contribution is -0.114. The Morgan fingerprint density at radius 2 is 1.60 bits per heavy atom. The number of hydrogen-bond donors (Lipinski definition) is 0. The van der Waals surface area contributed by atoms with Crippen molar-refractivity contribution in [3.8, 4) is 11.5 Å². The van der Waals surface area contributed by atoms with Crippen LogP contribution in [0.5, 0.6) is 11.5 Å². The Hall–Kier alpha value is -2.77. The van der Waals surface area contributed by atoms with Crippen LogP contribution in [-0.4, -0.2) is 29.6 Å². The average molecular weight is 548 g/mol. The Morgan fingerprint density at radius 1 is 0.943 bits per heavy atom. The van der Waals surface area contributed by atoms with Crippen molar-refractivity contribution in [3.05, 3.63) is 92.6 Å². The minimum atomic E-state index is -0.257. The summed E-state index contributed by atoms with van der Waals surface area (Å²) in [5.74, 6) is 0.806. The number of carbonyl (C=O) groups excluding carboxylic acids is 1. The molecule has 1 amide bonds. The van der Waals surface area contributed by atoms with Gasteiger partial charge < -0.3 is 14.4 Å². The molecule has 1 fully saturated rings. The zero-order valence-corrected chi connectivity index (χ0v) is 22.0. The molecule has 1 heterocycles. The largest absolute Gasteiger partial charge is 0.494 e. The van der Waals surface area contributed by atoms with E-state index in [1.54, 1.807) is 60.5 Å². The van der Waals surface area contributed by atoms with Gasteiger partial charge in [-0.2, -0.15) is 0 Å². The summed E-state index contributed by atoms with van der Waals surface area (Å²) in [4.78, 5) is 16.4. The van der Waals surface area contributed by atoms with Crippen molar-refractivity contribution in [2.45, 2.75) is 13.5 Å². The number of hydrogen-bond acceptors (Lipinski definition) is 4. The van der Waals surface area contributed by atoms with Gasteiger partial charge in [0.25, 0.3) is 5.91 Å². The first-order valence-electron chi connectivity index (χ1n) is 10.7. The van der Waals surface area contributed by atoms with E-state index in [0.29, 0.717) is 49.5 Å². The SMILES string of the molecule is CCOc1ccc(N2C(=O)/C(=C/c3cc(Cl)c(OCc4ccccc4Cl)c(Cl)c3)N(C)C2=S)cc1. The quantitative estimate of drug-likeness (QED) is 0.231. The van der Waals surface area contributed by atoms with Crippen LogP contribution < -0.4 is 14.4 Å². The van der Waals surface area contributed by atoms with Crippen molar-refractivity contribution in [1.82, 2.24) is 4.90 Å². The van der Waals surface area contributed by atoms with Gasteiger partial charge in [0.05, 0.1) is 22.3 Å². The average Bonchev–Trinajstić information content (AvgIpc) is 3.03.